The number of amides is 2. The fraction of sp³-hybridized carbons (Fsp3) is 0.444. The fourth-order valence-electron chi connectivity index (χ4n) is 3.01. The van der Waals surface area contributed by atoms with Crippen LogP contribution in [0.5, 0.6) is 0 Å². The molecule has 2 atom stereocenters. The number of nitrogens with two attached hydrogens (primary N) is 1. The number of allylic oxidation sites excluding steroid dienone is 1. The van der Waals surface area contributed by atoms with Gasteiger partial charge in [-0.1, -0.05) is 24.6 Å². The van der Waals surface area contributed by atoms with E-state index < -0.39 is 21.5 Å². The van der Waals surface area contributed by atoms with E-state index in [4.69, 9.17) is 5.73 Å². The minimum absolute atomic E-state index is 0. The van der Waals surface area contributed by atoms with Gasteiger partial charge < -0.3 is 11.1 Å². The van der Waals surface area contributed by atoms with E-state index in [0.29, 0.717) is 13.0 Å². The molecule has 0 radical (unpaired) electrons. The highest BCUT2D eigenvalue weighted by Crippen LogP contribution is 2.42. The van der Waals surface area contributed by atoms with Crippen LogP contribution in [0.2, 0.25) is 0 Å². The minimum Gasteiger partial charge on any atom is -0.352 e. The Morgan fingerprint density at radius 1 is 1.15 bits per heavy atom. The molecule has 1 aromatic carbocycles. The van der Waals surface area contributed by atoms with Crippen LogP contribution < -0.4 is 15.8 Å². The van der Waals surface area contributed by atoms with E-state index in [1.54, 1.807) is 0 Å². The summed E-state index contributed by atoms with van der Waals surface area (Å²) in [6.07, 6.45) is 7.97. The third-order valence-corrected chi connectivity index (χ3v) is 6.15. The van der Waals surface area contributed by atoms with Gasteiger partial charge in [-0.05, 0) is 43.9 Å². The van der Waals surface area contributed by atoms with Gasteiger partial charge in [0.2, 0.25) is 0 Å². The number of hydrogen-bond donors (Lipinski definition) is 3. The van der Waals surface area contributed by atoms with Crippen molar-refractivity contribution in [2.45, 2.75) is 42.5 Å². The largest absolute Gasteiger partial charge is 0.352 e. The van der Waals surface area contributed by atoms with Crippen molar-refractivity contribution in [3.8, 4) is 0 Å². The van der Waals surface area contributed by atoms with Gasteiger partial charge in [0.25, 0.3) is 21.8 Å². The summed E-state index contributed by atoms with van der Waals surface area (Å²) in [5, 5.41) is 2.78. The first-order chi connectivity index (χ1) is 12.3. The molecular weight excluding hydrogens is 390 g/mol. The first-order valence-electron chi connectivity index (χ1n) is 8.74. The molecule has 4 N–H and O–H groups in total. The lowest BCUT2D eigenvalue weighted by molar-refractivity contribution is -0.121. The van der Waals surface area contributed by atoms with Crippen molar-refractivity contribution in [2.75, 3.05) is 6.54 Å². The third-order valence-electron chi connectivity index (χ3n) is 4.82. The highest BCUT2D eigenvalue weighted by Gasteiger charge is 2.56. The molecular formula is C18H24ClN3O4S. The maximum Gasteiger partial charge on any atom is 0.264 e. The van der Waals surface area contributed by atoms with Crippen molar-refractivity contribution in [2.24, 2.45) is 11.7 Å². The number of rotatable bonds is 0. The number of halogens is 1. The number of carbonyl (C=O) groups is 2. The van der Waals surface area contributed by atoms with E-state index in [1.165, 1.54) is 24.3 Å². The molecule has 3 rings (SSSR count). The van der Waals surface area contributed by atoms with E-state index in [2.05, 4.69) is 5.32 Å². The van der Waals surface area contributed by atoms with Crippen LogP contribution in [0.4, 0.5) is 0 Å². The number of nitrogens with one attached hydrogen (secondary N) is 2. The molecule has 1 saturated carbocycles. The smallest absolute Gasteiger partial charge is 0.264 e. The summed E-state index contributed by atoms with van der Waals surface area (Å²) in [6, 6.07) is 5.61. The quantitative estimate of drug-likeness (QED) is 0.557. The molecule has 27 heavy (non-hydrogen) atoms. The van der Waals surface area contributed by atoms with Crippen LogP contribution in [-0.4, -0.2) is 32.3 Å². The van der Waals surface area contributed by atoms with Crippen LogP contribution in [0.25, 0.3) is 0 Å². The fourth-order valence-corrected chi connectivity index (χ4v) is 4.11. The van der Waals surface area contributed by atoms with Gasteiger partial charge in [0.05, 0.1) is 4.90 Å². The summed E-state index contributed by atoms with van der Waals surface area (Å²) >= 11 is 0. The number of carbonyl (C=O) groups excluding carboxylic acids is 2. The Balaban J connectivity index is 0.00000261. The van der Waals surface area contributed by atoms with Crippen molar-refractivity contribution in [3.63, 3.8) is 0 Å². The minimum atomic E-state index is -4.09. The molecule has 1 aromatic rings. The van der Waals surface area contributed by atoms with Gasteiger partial charge in [0.1, 0.15) is 5.54 Å². The zero-order chi connectivity index (χ0) is 18.8. The van der Waals surface area contributed by atoms with Crippen LogP contribution >= 0.6 is 12.4 Å². The highest BCUT2D eigenvalue weighted by atomic mass is 35.5. The monoisotopic (exact) mass is 413 g/mol. The molecule has 2 amide bonds. The zero-order valence-corrected chi connectivity index (χ0v) is 16.4. The Kier molecular flexibility index (Phi) is 6.67. The normalized spacial score (nSPS) is 29.1. The van der Waals surface area contributed by atoms with E-state index in [9.17, 15) is 18.0 Å². The molecule has 1 aliphatic carbocycles. The van der Waals surface area contributed by atoms with Gasteiger partial charge >= 0.3 is 0 Å². The number of benzene rings is 1. The molecule has 0 saturated heterocycles. The molecule has 1 unspecified atom stereocenters. The molecule has 2 bridgehead atoms. The summed E-state index contributed by atoms with van der Waals surface area (Å²) in [5.41, 5.74) is 5.10. The Bertz CT molecular complexity index is 856. The Morgan fingerprint density at radius 2 is 1.93 bits per heavy atom. The third kappa shape index (κ3) is 4.88. The van der Waals surface area contributed by atoms with E-state index in [0.717, 1.165) is 25.7 Å². The van der Waals surface area contributed by atoms with Crippen LogP contribution in [0, 0.1) is 5.92 Å². The maximum absolute atomic E-state index is 12.5. The van der Waals surface area contributed by atoms with Crippen molar-refractivity contribution >= 4 is 34.2 Å². The van der Waals surface area contributed by atoms with Crippen molar-refractivity contribution < 1.29 is 18.0 Å². The second-order valence-electron chi connectivity index (χ2n) is 6.85. The average molecular weight is 414 g/mol. The molecule has 9 heteroatoms. The molecule has 0 spiro atoms. The van der Waals surface area contributed by atoms with Gasteiger partial charge in [-0.25, -0.2) is 13.1 Å². The SMILES string of the molecule is Cl.N[C@]12CC1/C=C\CCCCCNC(=O)c1cccc(c1)S(=O)(=O)NC2=O. The number of sulfonamides is 1. The average Bonchev–Trinajstić information content (AvgIpc) is 3.28. The van der Waals surface area contributed by atoms with Gasteiger partial charge in [-0.15, -0.1) is 12.4 Å². The lowest BCUT2D eigenvalue weighted by atomic mass is 10.1. The predicted molar refractivity (Wildman–Crippen MR) is 104 cm³/mol. The first-order valence-corrected chi connectivity index (χ1v) is 10.2. The number of fused-ring (bicyclic) bond motifs is 3. The Morgan fingerprint density at radius 3 is 2.70 bits per heavy atom. The van der Waals surface area contributed by atoms with Crippen LogP contribution in [0.15, 0.2) is 41.3 Å². The molecule has 1 heterocycles. The van der Waals surface area contributed by atoms with Crippen molar-refractivity contribution in [3.05, 3.63) is 42.0 Å². The summed E-state index contributed by atoms with van der Waals surface area (Å²) in [6.45, 7) is 0.533. The second-order valence-corrected chi connectivity index (χ2v) is 8.53. The van der Waals surface area contributed by atoms with E-state index in [-0.39, 0.29) is 34.7 Å². The predicted octanol–water partition coefficient (Wildman–Crippen LogP) is 1.49. The van der Waals surface area contributed by atoms with Crippen molar-refractivity contribution in [1.82, 2.24) is 10.0 Å². The van der Waals surface area contributed by atoms with Crippen LogP contribution in [-0.2, 0) is 14.8 Å². The van der Waals surface area contributed by atoms with Gasteiger partial charge in [-0.2, -0.15) is 0 Å². The Hall–Kier alpha value is -1.90. The lowest BCUT2D eigenvalue weighted by Gasteiger charge is -2.12. The molecule has 2 aliphatic rings. The second kappa shape index (κ2) is 8.41. The molecule has 1 fully saturated rings. The summed E-state index contributed by atoms with van der Waals surface area (Å²) in [4.78, 5) is 24.4. The number of hydrogen-bond acceptors (Lipinski definition) is 5. The van der Waals surface area contributed by atoms with E-state index >= 15 is 0 Å². The molecule has 7 nitrogen and oxygen atoms in total. The first kappa shape index (κ1) is 21.4. The topological polar surface area (TPSA) is 118 Å². The molecule has 0 aromatic heterocycles. The highest BCUT2D eigenvalue weighted by molar-refractivity contribution is 7.90. The zero-order valence-electron chi connectivity index (χ0n) is 14.8. The summed E-state index contributed by atoms with van der Waals surface area (Å²) < 4.78 is 27.0. The van der Waals surface area contributed by atoms with E-state index in [1.807, 2.05) is 16.9 Å². The van der Waals surface area contributed by atoms with Crippen LogP contribution in [0.1, 0.15) is 42.5 Å². The van der Waals surface area contributed by atoms with Crippen LogP contribution in [0.3, 0.4) is 0 Å². The van der Waals surface area contributed by atoms with Gasteiger partial charge in [0.15, 0.2) is 0 Å². The molecule has 1 aliphatic heterocycles. The standard InChI is InChI=1S/C18H23N3O4S.ClH/c19-18-12-14(18)8-4-2-1-3-5-10-20-16(22)13-7-6-9-15(11-13)26(24,25)21-17(18)23;/h4,6-9,11,14H,1-3,5,10,12,19H2,(H,20,22)(H,21,23);1H/b8-4-;/t14?,18-;/m1./s1. The Labute approximate surface area is 165 Å². The molecule has 148 valence electrons. The maximum atomic E-state index is 12.5. The summed E-state index contributed by atoms with van der Waals surface area (Å²) in [7, 11) is -4.09. The lowest BCUT2D eigenvalue weighted by Crippen LogP contribution is -2.46. The summed E-state index contributed by atoms with van der Waals surface area (Å²) in [5.74, 6) is -1.20. The van der Waals surface area contributed by atoms with Crippen molar-refractivity contribution in [1.29, 1.82) is 0 Å². The van der Waals surface area contributed by atoms with Gasteiger partial charge in [-0.3, -0.25) is 9.59 Å². The van der Waals surface area contributed by atoms with Gasteiger partial charge in [0, 0.05) is 18.0 Å².